The second-order valence-electron chi connectivity index (χ2n) is 2.67. The van der Waals surface area contributed by atoms with Gasteiger partial charge in [-0.1, -0.05) is 18.2 Å². The topological polar surface area (TPSA) is 17.1 Å². The molecule has 2 aromatic carbocycles. The zero-order chi connectivity index (χ0) is 9.26. The van der Waals surface area contributed by atoms with E-state index in [0.29, 0.717) is 27.3 Å². The fourth-order valence-corrected chi connectivity index (χ4v) is 1.72. The molecular weight excluding hydrogens is 187 g/mol. The normalized spacial score (nSPS) is 10.2. The molecule has 64 valence electrons. The van der Waals surface area contributed by atoms with Crippen LogP contribution < -0.4 is 0 Å². The molecule has 0 heterocycles. The first-order chi connectivity index (χ1) is 6.33. The molecule has 13 heavy (non-hydrogen) atoms. The molecule has 0 radical (unpaired) electrons. The van der Waals surface area contributed by atoms with Gasteiger partial charge in [-0.25, -0.2) is 4.39 Å². The molecule has 0 atom stereocenters. The molecule has 0 amide bonds. The Kier molecular flexibility index (Phi) is 2.02. The van der Waals surface area contributed by atoms with Crippen LogP contribution in [0.4, 0.5) is 4.39 Å². The Labute approximate surface area is 78.7 Å². The first-order valence-corrected chi connectivity index (χ1v) is 4.54. The van der Waals surface area contributed by atoms with Gasteiger partial charge in [0.15, 0.2) is 0 Å². The van der Waals surface area contributed by atoms with Crippen molar-refractivity contribution in [2.75, 3.05) is 0 Å². The molecule has 0 saturated carbocycles. The second kappa shape index (κ2) is 3.18. The summed E-state index contributed by atoms with van der Waals surface area (Å²) in [4.78, 5) is 0.567. The van der Waals surface area contributed by atoms with Gasteiger partial charge in [0.05, 0.1) is 5.39 Å². The van der Waals surface area contributed by atoms with Gasteiger partial charge in [0.2, 0.25) is 0 Å². The van der Waals surface area contributed by atoms with E-state index in [9.17, 15) is 8.60 Å². The van der Waals surface area contributed by atoms with Crippen LogP contribution in [0, 0.1) is 5.82 Å². The highest BCUT2D eigenvalue weighted by Gasteiger charge is 2.12. The lowest BCUT2D eigenvalue weighted by molar-refractivity contribution is 0.605. The SMILES string of the molecule is O=[S+]c1cccc2c(F)cccc12. The third kappa shape index (κ3) is 1.31. The Morgan fingerprint density at radius 1 is 1.00 bits per heavy atom. The predicted molar refractivity (Wildman–Crippen MR) is 50.2 cm³/mol. The average Bonchev–Trinajstić information content (AvgIpc) is 2.18. The van der Waals surface area contributed by atoms with Crippen molar-refractivity contribution in [1.29, 1.82) is 0 Å². The summed E-state index contributed by atoms with van der Waals surface area (Å²) >= 11 is 0.390. The van der Waals surface area contributed by atoms with Crippen LogP contribution in [-0.4, -0.2) is 0 Å². The molecule has 0 N–H and O–H groups in total. The summed E-state index contributed by atoms with van der Waals surface area (Å²) in [6.07, 6.45) is 0. The average molecular weight is 193 g/mol. The van der Waals surface area contributed by atoms with Crippen molar-refractivity contribution in [1.82, 2.24) is 0 Å². The largest absolute Gasteiger partial charge is 0.505 e. The molecule has 0 aliphatic rings. The van der Waals surface area contributed by atoms with E-state index >= 15 is 0 Å². The van der Waals surface area contributed by atoms with Gasteiger partial charge in [0.25, 0.3) is 4.90 Å². The number of benzene rings is 2. The number of rotatable bonds is 1. The Morgan fingerprint density at radius 3 is 2.46 bits per heavy atom. The highest BCUT2D eigenvalue weighted by Crippen LogP contribution is 2.21. The van der Waals surface area contributed by atoms with E-state index in [-0.39, 0.29) is 5.82 Å². The van der Waals surface area contributed by atoms with Crippen LogP contribution in [0.15, 0.2) is 41.3 Å². The fourth-order valence-electron chi connectivity index (χ4n) is 1.32. The smallest absolute Gasteiger partial charge is 0.206 e. The Hall–Kier alpha value is -1.35. The van der Waals surface area contributed by atoms with Gasteiger partial charge in [-0.3, -0.25) is 0 Å². The van der Waals surface area contributed by atoms with Crippen molar-refractivity contribution in [3.05, 3.63) is 42.2 Å². The summed E-state index contributed by atoms with van der Waals surface area (Å²) in [5, 5.41) is 1.19. The van der Waals surface area contributed by atoms with E-state index in [0.717, 1.165) is 0 Å². The van der Waals surface area contributed by atoms with E-state index in [2.05, 4.69) is 0 Å². The summed E-state index contributed by atoms with van der Waals surface area (Å²) < 4.78 is 23.8. The molecule has 1 nitrogen and oxygen atoms in total. The zero-order valence-corrected chi connectivity index (χ0v) is 7.48. The van der Waals surface area contributed by atoms with Crippen molar-refractivity contribution in [2.45, 2.75) is 4.90 Å². The van der Waals surface area contributed by atoms with Crippen molar-refractivity contribution >= 4 is 22.4 Å². The van der Waals surface area contributed by atoms with E-state index < -0.39 is 0 Å². The van der Waals surface area contributed by atoms with Gasteiger partial charge in [0.1, 0.15) is 5.82 Å². The first-order valence-electron chi connectivity index (χ1n) is 3.80. The van der Waals surface area contributed by atoms with Crippen LogP contribution in [-0.2, 0) is 15.9 Å². The maximum atomic E-state index is 13.2. The number of fused-ring (bicyclic) bond motifs is 1. The molecule has 0 bridgehead atoms. The van der Waals surface area contributed by atoms with Gasteiger partial charge in [0, 0.05) is 15.7 Å². The lowest BCUT2D eigenvalue weighted by Crippen LogP contribution is -1.82. The summed E-state index contributed by atoms with van der Waals surface area (Å²) in [6.45, 7) is 0. The maximum Gasteiger partial charge on any atom is 0.505 e. The highest BCUT2D eigenvalue weighted by atomic mass is 32.1. The molecule has 0 unspecified atom stereocenters. The number of hydrogen-bond donors (Lipinski definition) is 0. The van der Waals surface area contributed by atoms with Gasteiger partial charge >= 0.3 is 11.7 Å². The third-order valence-electron chi connectivity index (χ3n) is 1.92. The van der Waals surface area contributed by atoms with Crippen molar-refractivity contribution in [3.8, 4) is 0 Å². The van der Waals surface area contributed by atoms with Crippen LogP contribution in [0.3, 0.4) is 0 Å². The molecule has 0 fully saturated rings. The highest BCUT2D eigenvalue weighted by molar-refractivity contribution is 7.65. The van der Waals surface area contributed by atoms with Crippen LogP contribution in [0.5, 0.6) is 0 Å². The van der Waals surface area contributed by atoms with Crippen LogP contribution in [0.1, 0.15) is 0 Å². The van der Waals surface area contributed by atoms with Gasteiger partial charge in [-0.05, 0) is 12.1 Å². The summed E-state index contributed by atoms with van der Waals surface area (Å²) in [5.74, 6) is -0.284. The van der Waals surface area contributed by atoms with Crippen molar-refractivity contribution < 1.29 is 8.60 Å². The molecule has 3 heteroatoms. The molecular formula is C10H6FOS+. The second-order valence-corrected chi connectivity index (χ2v) is 3.28. The molecule has 0 spiro atoms. The Bertz CT molecular complexity index is 467. The van der Waals surface area contributed by atoms with E-state index in [1.807, 2.05) is 0 Å². The summed E-state index contributed by atoms with van der Waals surface area (Å²) in [7, 11) is 0. The van der Waals surface area contributed by atoms with Crippen LogP contribution >= 0.6 is 0 Å². The fraction of sp³-hybridized carbons (Fsp3) is 0. The molecule has 2 rings (SSSR count). The minimum absolute atomic E-state index is 0.284. The summed E-state index contributed by atoms with van der Waals surface area (Å²) in [5.41, 5.74) is 0. The van der Waals surface area contributed by atoms with Gasteiger partial charge in [-0.2, -0.15) is 0 Å². The molecule has 0 aliphatic carbocycles. The van der Waals surface area contributed by atoms with E-state index in [4.69, 9.17) is 0 Å². The number of halogens is 1. The lowest BCUT2D eigenvalue weighted by Gasteiger charge is -1.95. The van der Waals surface area contributed by atoms with Crippen molar-refractivity contribution in [3.63, 3.8) is 0 Å². The van der Waals surface area contributed by atoms with Gasteiger partial charge < -0.3 is 0 Å². The lowest BCUT2D eigenvalue weighted by atomic mass is 10.1. The van der Waals surface area contributed by atoms with Crippen LogP contribution in [0.25, 0.3) is 10.8 Å². The Balaban J connectivity index is 2.92. The Morgan fingerprint density at radius 2 is 1.69 bits per heavy atom. The first kappa shape index (κ1) is 8.26. The maximum absolute atomic E-state index is 13.2. The predicted octanol–water partition coefficient (Wildman–Crippen LogP) is 2.77. The van der Waals surface area contributed by atoms with Crippen molar-refractivity contribution in [2.24, 2.45) is 0 Å². The van der Waals surface area contributed by atoms with E-state index in [1.54, 1.807) is 30.3 Å². The van der Waals surface area contributed by atoms with E-state index in [1.165, 1.54) is 6.07 Å². The minimum Gasteiger partial charge on any atom is -0.206 e. The molecule has 2 aromatic rings. The van der Waals surface area contributed by atoms with Gasteiger partial charge in [-0.15, -0.1) is 0 Å². The standard InChI is InChI=1S/C10H6FOS/c11-9-5-1-4-8-7(9)3-2-6-10(8)13-12/h1-6H/q+1. The molecule has 0 saturated heterocycles. The summed E-state index contributed by atoms with van der Waals surface area (Å²) in [6, 6.07) is 9.80. The zero-order valence-electron chi connectivity index (χ0n) is 6.66. The number of hydrogen-bond acceptors (Lipinski definition) is 1. The third-order valence-corrected chi connectivity index (χ3v) is 2.45. The minimum atomic E-state index is -0.284. The molecule has 0 aromatic heterocycles. The monoisotopic (exact) mass is 193 g/mol. The quantitative estimate of drug-likeness (QED) is 0.636. The van der Waals surface area contributed by atoms with Crippen LogP contribution in [0.2, 0.25) is 0 Å². The molecule has 0 aliphatic heterocycles.